The van der Waals surface area contributed by atoms with Gasteiger partial charge in [0.2, 0.25) is 10.0 Å². The van der Waals surface area contributed by atoms with Crippen molar-refractivity contribution in [3.63, 3.8) is 0 Å². The van der Waals surface area contributed by atoms with Gasteiger partial charge in [-0.1, -0.05) is 0 Å². The van der Waals surface area contributed by atoms with E-state index in [0.717, 1.165) is 18.4 Å². The Morgan fingerprint density at radius 3 is 2.33 bits per heavy atom. The number of ketones is 1. The van der Waals surface area contributed by atoms with E-state index in [4.69, 9.17) is 0 Å². The molecule has 15 heavy (non-hydrogen) atoms. The highest BCUT2D eigenvalue weighted by Gasteiger charge is 2.08. The lowest BCUT2D eigenvalue weighted by Crippen LogP contribution is -2.28. The summed E-state index contributed by atoms with van der Waals surface area (Å²) in [5.41, 5.74) is 0.271. The van der Waals surface area contributed by atoms with Gasteiger partial charge in [-0.25, -0.2) is 17.5 Å². The molecule has 1 N–H and O–H groups in total. The molecule has 0 aliphatic carbocycles. The van der Waals surface area contributed by atoms with E-state index >= 15 is 0 Å². The third kappa shape index (κ3) is 4.18. The molecule has 82 valence electrons. The van der Waals surface area contributed by atoms with Gasteiger partial charge in [-0.15, -0.1) is 0 Å². The first-order chi connectivity index (χ1) is 6.88. The molecular weight excluding hydrogens is 221 g/mol. The minimum absolute atomic E-state index is 0.271. The molecule has 4 nitrogen and oxygen atoms in total. The zero-order valence-electron chi connectivity index (χ0n) is 8.03. The number of sulfonamides is 1. The molecule has 0 aliphatic heterocycles. The van der Waals surface area contributed by atoms with E-state index in [1.54, 1.807) is 0 Å². The highest BCUT2D eigenvalue weighted by molar-refractivity contribution is 7.88. The van der Waals surface area contributed by atoms with Crippen LogP contribution in [0.15, 0.2) is 24.3 Å². The van der Waals surface area contributed by atoms with Crippen LogP contribution in [0.5, 0.6) is 0 Å². The van der Waals surface area contributed by atoms with Crippen LogP contribution in [0.2, 0.25) is 0 Å². The van der Waals surface area contributed by atoms with Crippen LogP contribution < -0.4 is 4.72 Å². The number of carbonyl (C=O) groups is 1. The molecule has 0 radical (unpaired) electrons. The number of hydrogen-bond donors (Lipinski definition) is 1. The van der Waals surface area contributed by atoms with Crippen molar-refractivity contribution in [2.24, 2.45) is 0 Å². The maximum Gasteiger partial charge on any atom is 0.209 e. The maximum atomic E-state index is 12.5. The zero-order valence-corrected chi connectivity index (χ0v) is 8.84. The van der Waals surface area contributed by atoms with Gasteiger partial charge in [0.25, 0.3) is 0 Å². The number of carbonyl (C=O) groups excluding carboxylic acids is 1. The van der Waals surface area contributed by atoms with Crippen molar-refractivity contribution in [1.82, 2.24) is 4.72 Å². The van der Waals surface area contributed by atoms with Gasteiger partial charge in [-0.05, 0) is 24.3 Å². The van der Waals surface area contributed by atoms with E-state index < -0.39 is 21.6 Å². The van der Waals surface area contributed by atoms with Gasteiger partial charge >= 0.3 is 0 Å². The molecule has 0 saturated carbocycles. The van der Waals surface area contributed by atoms with Crippen molar-refractivity contribution in [3.8, 4) is 0 Å². The molecule has 1 rings (SSSR count). The zero-order chi connectivity index (χ0) is 11.5. The third-order valence-electron chi connectivity index (χ3n) is 1.66. The fourth-order valence-corrected chi connectivity index (χ4v) is 1.33. The lowest BCUT2D eigenvalue weighted by atomic mass is 10.1. The largest absolute Gasteiger partial charge is 0.293 e. The van der Waals surface area contributed by atoms with Gasteiger partial charge in [0.15, 0.2) is 5.78 Å². The molecule has 1 aromatic rings. The molecule has 1 aromatic carbocycles. The molecule has 0 aromatic heterocycles. The highest BCUT2D eigenvalue weighted by Crippen LogP contribution is 2.03. The number of rotatable bonds is 4. The molecule has 0 heterocycles. The highest BCUT2D eigenvalue weighted by atomic mass is 32.2. The van der Waals surface area contributed by atoms with Crippen molar-refractivity contribution in [1.29, 1.82) is 0 Å². The molecule has 0 aliphatic rings. The smallest absolute Gasteiger partial charge is 0.209 e. The minimum atomic E-state index is -3.38. The number of benzene rings is 1. The Kier molecular flexibility index (Phi) is 3.54. The summed E-state index contributed by atoms with van der Waals surface area (Å²) < 4.78 is 36.0. The Labute approximate surface area is 87.2 Å². The molecule has 0 amide bonds. The lowest BCUT2D eigenvalue weighted by molar-refractivity contribution is 0.0997. The number of nitrogens with one attached hydrogen (secondary N) is 1. The standard InChI is InChI=1S/C9H10FNO3S/c1-15(13,14)11-6-9(12)7-2-4-8(10)5-3-7/h2-5,11H,6H2,1H3. The van der Waals surface area contributed by atoms with E-state index in [1.807, 2.05) is 0 Å². The van der Waals surface area contributed by atoms with E-state index in [-0.39, 0.29) is 12.1 Å². The second-order valence-corrected chi connectivity index (χ2v) is 4.86. The first-order valence-electron chi connectivity index (χ1n) is 4.12. The maximum absolute atomic E-state index is 12.5. The Bertz CT molecular complexity index is 453. The average Bonchev–Trinajstić information content (AvgIpc) is 2.14. The summed E-state index contributed by atoms with van der Waals surface area (Å²) in [6.45, 7) is -0.315. The van der Waals surface area contributed by atoms with Crippen molar-refractivity contribution >= 4 is 15.8 Å². The molecular formula is C9H10FNO3S. The average molecular weight is 231 g/mol. The van der Waals surface area contributed by atoms with E-state index in [9.17, 15) is 17.6 Å². The van der Waals surface area contributed by atoms with E-state index in [2.05, 4.69) is 4.72 Å². The van der Waals surface area contributed by atoms with Crippen molar-refractivity contribution in [3.05, 3.63) is 35.6 Å². The van der Waals surface area contributed by atoms with Crippen molar-refractivity contribution in [2.75, 3.05) is 12.8 Å². The molecule has 0 saturated heterocycles. The topological polar surface area (TPSA) is 63.2 Å². The Balaban J connectivity index is 2.66. The quantitative estimate of drug-likeness (QED) is 0.770. The van der Waals surface area contributed by atoms with Gasteiger partial charge in [0.05, 0.1) is 12.8 Å². The molecule has 0 spiro atoms. The van der Waals surface area contributed by atoms with E-state index in [1.165, 1.54) is 12.1 Å². The minimum Gasteiger partial charge on any atom is -0.293 e. The summed E-state index contributed by atoms with van der Waals surface area (Å²) in [5.74, 6) is -0.844. The fraction of sp³-hybridized carbons (Fsp3) is 0.222. The van der Waals surface area contributed by atoms with Gasteiger partial charge in [0.1, 0.15) is 5.82 Å². The van der Waals surface area contributed by atoms with Crippen LogP contribution in [0.1, 0.15) is 10.4 Å². The van der Waals surface area contributed by atoms with Crippen LogP contribution in [-0.2, 0) is 10.0 Å². The SMILES string of the molecule is CS(=O)(=O)NCC(=O)c1ccc(F)cc1. The van der Waals surface area contributed by atoms with Gasteiger partial charge in [-0.2, -0.15) is 0 Å². The van der Waals surface area contributed by atoms with Gasteiger partial charge in [0, 0.05) is 5.56 Å². The van der Waals surface area contributed by atoms with Crippen LogP contribution in [-0.4, -0.2) is 27.0 Å². The number of halogens is 1. The molecule has 0 bridgehead atoms. The monoisotopic (exact) mass is 231 g/mol. The van der Waals surface area contributed by atoms with E-state index in [0.29, 0.717) is 0 Å². The Hall–Kier alpha value is -1.27. The predicted molar refractivity (Wildman–Crippen MR) is 53.6 cm³/mol. The lowest BCUT2D eigenvalue weighted by Gasteiger charge is -2.01. The number of Topliss-reactive ketones (excluding diaryl/α,β-unsaturated/α-hetero) is 1. The summed E-state index contributed by atoms with van der Waals surface area (Å²) >= 11 is 0. The van der Waals surface area contributed by atoms with Crippen molar-refractivity contribution in [2.45, 2.75) is 0 Å². The first-order valence-corrected chi connectivity index (χ1v) is 6.01. The summed E-state index contributed by atoms with van der Waals surface area (Å²) in [6, 6.07) is 4.91. The second kappa shape index (κ2) is 4.50. The fourth-order valence-electron chi connectivity index (χ4n) is 0.934. The van der Waals surface area contributed by atoms with Crippen LogP contribution in [0, 0.1) is 5.82 Å². The second-order valence-electron chi connectivity index (χ2n) is 3.02. The van der Waals surface area contributed by atoms with Crippen LogP contribution in [0.4, 0.5) is 4.39 Å². The van der Waals surface area contributed by atoms with Gasteiger partial charge in [-0.3, -0.25) is 4.79 Å². The molecule has 6 heteroatoms. The third-order valence-corrected chi connectivity index (χ3v) is 2.33. The summed E-state index contributed by atoms with van der Waals surface area (Å²) in [5, 5.41) is 0. The Morgan fingerprint density at radius 1 is 1.33 bits per heavy atom. The van der Waals surface area contributed by atoms with Crippen LogP contribution in [0.25, 0.3) is 0 Å². The van der Waals surface area contributed by atoms with Crippen molar-refractivity contribution < 1.29 is 17.6 Å². The van der Waals surface area contributed by atoms with Crippen LogP contribution >= 0.6 is 0 Å². The summed E-state index contributed by atoms with van der Waals surface area (Å²) in [4.78, 5) is 11.4. The molecule has 0 fully saturated rings. The normalized spacial score (nSPS) is 11.3. The first kappa shape index (κ1) is 11.8. The van der Waals surface area contributed by atoms with Crippen LogP contribution in [0.3, 0.4) is 0 Å². The predicted octanol–water partition coefficient (Wildman–Crippen LogP) is 0.558. The molecule has 0 unspecified atom stereocenters. The molecule has 0 atom stereocenters. The summed E-state index contributed by atoms with van der Waals surface area (Å²) in [7, 11) is -3.38. The summed E-state index contributed by atoms with van der Waals surface area (Å²) in [6.07, 6.45) is 0.963. The Morgan fingerprint density at radius 2 is 1.87 bits per heavy atom. The number of hydrogen-bond acceptors (Lipinski definition) is 3. The van der Waals surface area contributed by atoms with Gasteiger partial charge < -0.3 is 0 Å².